The molecule has 1 aromatic rings. The Labute approximate surface area is 124 Å². The Bertz CT molecular complexity index is 609. The fourth-order valence-corrected chi connectivity index (χ4v) is 2.31. The van der Waals surface area contributed by atoms with E-state index in [2.05, 4.69) is 26.1 Å². The van der Waals surface area contributed by atoms with Crippen LogP contribution in [0.2, 0.25) is 0 Å². The molecular weight excluding hydrogens is 298 g/mol. The van der Waals surface area contributed by atoms with Crippen LogP contribution in [0.4, 0.5) is 0 Å². The van der Waals surface area contributed by atoms with Gasteiger partial charge in [-0.3, -0.25) is 4.79 Å². The van der Waals surface area contributed by atoms with Crippen molar-refractivity contribution in [2.45, 2.75) is 39.0 Å². The Morgan fingerprint density at radius 2 is 1.95 bits per heavy atom. The molecule has 0 unspecified atom stereocenters. The first-order chi connectivity index (χ1) is 9.07. The van der Waals surface area contributed by atoms with E-state index in [1.807, 2.05) is 0 Å². The Hall–Kier alpha value is -1.07. The van der Waals surface area contributed by atoms with Crippen LogP contribution in [0, 0.1) is 12.3 Å². The topological polar surface area (TPSA) is 63.2 Å². The largest absolute Gasteiger partial charge is 0.351 e. The SMILES string of the molecule is CCC(C)(C)CNC(=O)c1cc(S(=O)(=O)Cl)ccc1C. The van der Waals surface area contributed by atoms with E-state index in [-0.39, 0.29) is 16.2 Å². The van der Waals surface area contributed by atoms with Crippen molar-refractivity contribution in [3.05, 3.63) is 29.3 Å². The van der Waals surface area contributed by atoms with Crippen LogP contribution in [0.25, 0.3) is 0 Å². The fraction of sp³-hybridized carbons (Fsp3) is 0.500. The molecule has 0 saturated heterocycles. The van der Waals surface area contributed by atoms with Crippen molar-refractivity contribution < 1.29 is 13.2 Å². The van der Waals surface area contributed by atoms with Gasteiger partial charge in [-0.15, -0.1) is 0 Å². The Balaban J connectivity index is 2.99. The lowest BCUT2D eigenvalue weighted by atomic mass is 9.90. The second kappa shape index (κ2) is 6.14. The molecule has 1 N–H and O–H groups in total. The lowest BCUT2D eigenvalue weighted by Gasteiger charge is -2.23. The third-order valence-electron chi connectivity index (χ3n) is 3.42. The van der Waals surface area contributed by atoms with Gasteiger partial charge >= 0.3 is 0 Å². The van der Waals surface area contributed by atoms with Crippen molar-refractivity contribution >= 4 is 25.6 Å². The van der Waals surface area contributed by atoms with E-state index in [1.54, 1.807) is 13.0 Å². The second-order valence-corrected chi connectivity index (χ2v) is 8.18. The first kappa shape index (κ1) is 17.0. The van der Waals surface area contributed by atoms with Crippen LogP contribution >= 0.6 is 10.7 Å². The van der Waals surface area contributed by atoms with E-state index < -0.39 is 9.05 Å². The summed E-state index contributed by atoms with van der Waals surface area (Å²) in [5, 5.41) is 2.83. The number of halogens is 1. The van der Waals surface area contributed by atoms with E-state index in [9.17, 15) is 13.2 Å². The van der Waals surface area contributed by atoms with Gasteiger partial charge in [0.15, 0.2) is 0 Å². The molecule has 20 heavy (non-hydrogen) atoms. The highest BCUT2D eigenvalue weighted by molar-refractivity contribution is 8.13. The summed E-state index contributed by atoms with van der Waals surface area (Å²) in [4.78, 5) is 12.1. The predicted molar refractivity (Wildman–Crippen MR) is 80.6 cm³/mol. The fourth-order valence-electron chi connectivity index (χ4n) is 1.54. The molecule has 0 atom stereocenters. The van der Waals surface area contributed by atoms with Crippen molar-refractivity contribution in [3.63, 3.8) is 0 Å². The molecule has 0 fully saturated rings. The second-order valence-electron chi connectivity index (χ2n) is 5.62. The van der Waals surface area contributed by atoms with Crippen LogP contribution in [0.1, 0.15) is 43.1 Å². The van der Waals surface area contributed by atoms with E-state index in [0.717, 1.165) is 6.42 Å². The van der Waals surface area contributed by atoms with Crippen molar-refractivity contribution in [1.29, 1.82) is 0 Å². The maximum atomic E-state index is 12.2. The number of carbonyl (C=O) groups excluding carboxylic acids is 1. The maximum absolute atomic E-state index is 12.2. The van der Waals surface area contributed by atoms with Crippen LogP contribution in [0.15, 0.2) is 23.1 Å². The summed E-state index contributed by atoms with van der Waals surface area (Å²) in [5.41, 5.74) is 1.04. The Morgan fingerprint density at radius 3 is 2.45 bits per heavy atom. The molecule has 0 aliphatic heterocycles. The number of hydrogen-bond donors (Lipinski definition) is 1. The number of rotatable bonds is 5. The molecule has 0 aromatic heterocycles. The first-order valence-corrected chi connectivity index (χ1v) is 8.71. The van der Waals surface area contributed by atoms with Gasteiger partial charge in [0, 0.05) is 22.8 Å². The molecule has 1 amide bonds. The normalized spacial score (nSPS) is 12.2. The van der Waals surface area contributed by atoms with Crippen LogP contribution < -0.4 is 5.32 Å². The molecule has 0 heterocycles. The zero-order chi connectivity index (χ0) is 15.6. The molecular formula is C14H20ClNO3S. The van der Waals surface area contributed by atoms with Gasteiger partial charge in [-0.25, -0.2) is 8.42 Å². The van der Waals surface area contributed by atoms with Gasteiger partial charge in [-0.1, -0.05) is 26.8 Å². The highest BCUT2D eigenvalue weighted by Gasteiger charge is 2.19. The summed E-state index contributed by atoms with van der Waals surface area (Å²) >= 11 is 0. The molecule has 112 valence electrons. The van der Waals surface area contributed by atoms with Crippen LogP contribution in [0.3, 0.4) is 0 Å². The molecule has 1 aromatic carbocycles. The number of hydrogen-bond acceptors (Lipinski definition) is 3. The zero-order valence-electron chi connectivity index (χ0n) is 12.2. The van der Waals surface area contributed by atoms with Gasteiger partial charge in [-0.2, -0.15) is 0 Å². The van der Waals surface area contributed by atoms with E-state index in [0.29, 0.717) is 17.7 Å². The van der Waals surface area contributed by atoms with Crippen molar-refractivity contribution in [2.24, 2.45) is 5.41 Å². The number of benzene rings is 1. The third-order valence-corrected chi connectivity index (χ3v) is 4.77. The highest BCUT2D eigenvalue weighted by Crippen LogP contribution is 2.21. The molecule has 0 aliphatic rings. The summed E-state index contributed by atoms with van der Waals surface area (Å²) in [6, 6.07) is 4.28. The maximum Gasteiger partial charge on any atom is 0.261 e. The van der Waals surface area contributed by atoms with Gasteiger partial charge in [0.1, 0.15) is 0 Å². The van der Waals surface area contributed by atoms with Gasteiger partial charge in [0.25, 0.3) is 15.0 Å². The third kappa shape index (κ3) is 4.49. The van der Waals surface area contributed by atoms with Crippen molar-refractivity contribution in [2.75, 3.05) is 6.54 Å². The number of amides is 1. The molecule has 0 saturated carbocycles. The summed E-state index contributed by atoms with van der Waals surface area (Å²) in [6.45, 7) is 8.45. The quantitative estimate of drug-likeness (QED) is 0.849. The minimum atomic E-state index is -3.83. The van der Waals surface area contributed by atoms with E-state index in [1.165, 1.54) is 12.1 Å². The molecule has 0 spiro atoms. The molecule has 0 radical (unpaired) electrons. The number of nitrogens with one attached hydrogen (secondary N) is 1. The average Bonchev–Trinajstić information content (AvgIpc) is 2.35. The summed E-state index contributed by atoms with van der Waals surface area (Å²) in [5.74, 6) is -0.286. The molecule has 4 nitrogen and oxygen atoms in total. The zero-order valence-corrected chi connectivity index (χ0v) is 13.7. The lowest BCUT2D eigenvalue weighted by Crippen LogP contribution is -2.34. The smallest absolute Gasteiger partial charge is 0.261 e. The van der Waals surface area contributed by atoms with Crippen LogP contribution in [-0.4, -0.2) is 20.9 Å². The summed E-state index contributed by atoms with van der Waals surface area (Å²) < 4.78 is 22.6. The van der Waals surface area contributed by atoms with Crippen molar-refractivity contribution in [1.82, 2.24) is 5.32 Å². The molecule has 0 aliphatic carbocycles. The minimum absolute atomic E-state index is 0.000262. The van der Waals surface area contributed by atoms with Gasteiger partial charge in [0.05, 0.1) is 4.90 Å². The minimum Gasteiger partial charge on any atom is -0.351 e. The number of carbonyl (C=O) groups is 1. The average molecular weight is 318 g/mol. The highest BCUT2D eigenvalue weighted by atomic mass is 35.7. The van der Waals surface area contributed by atoms with Crippen LogP contribution in [0.5, 0.6) is 0 Å². The predicted octanol–water partition coefficient (Wildman–Crippen LogP) is 3.09. The Kier molecular flexibility index (Phi) is 5.21. The van der Waals surface area contributed by atoms with E-state index in [4.69, 9.17) is 10.7 Å². The summed E-state index contributed by atoms with van der Waals surface area (Å²) in [7, 11) is 1.47. The van der Waals surface area contributed by atoms with Crippen LogP contribution in [-0.2, 0) is 9.05 Å². The molecule has 0 bridgehead atoms. The van der Waals surface area contributed by atoms with Gasteiger partial charge in [0.2, 0.25) is 0 Å². The van der Waals surface area contributed by atoms with E-state index >= 15 is 0 Å². The number of aryl methyl sites for hydroxylation is 1. The van der Waals surface area contributed by atoms with Crippen molar-refractivity contribution in [3.8, 4) is 0 Å². The monoisotopic (exact) mass is 317 g/mol. The first-order valence-electron chi connectivity index (χ1n) is 6.40. The lowest BCUT2D eigenvalue weighted by molar-refractivity contribution is 0.0935. The summed E-state index contributed by atoms with van der Waals surface area (Å²) in [6.07, 6.45) is 0.933. The molecule has 6 heteroatoms. The Morgan fingerprint density at radius 1 is 1.35 bits per heavy atom. The standard InChI is InChI=1S/C14H20ClNO3S/c1-5-14(3,4)9-16-13(17)12-8-11(20(15,18)19)7-6-10(12)2/h6-8H,5,9H2,1-4H3,(H,16,17). The van der Waals surface area contributed by atoms with Gasteiger partial charge in [-0.05, 0) is 36.5 Å². The molecule has 1 rings (SSSR count). The van der Waals surface area contributed by atoms with Gasteiger partial charge < -0.3 is 5.32 Å².